The van der Waals surface area contributed by atoms with Gasteiger partial charge in [0.15, 0.2) is 0 Å². The van der Waals surface area contributed by atoms with Gasteiger partial charge < -0.3 is 16.2 Å². The number of carbonyl (C=O) groups is 1. The standard InChI is InChI=1S/C9H9F3N2O2/c10-9(11,12)16-6-3-1-5(2-4-6)7(13)8(14)15/h1-4,7H,13H2,(H2,14,15)/t7-/m0/s1. The van der Waals surface area contributed by atoms with Crippen LogP contribution in [0, 0.1) is 0 Å². The lowest BCUT2D eigenvalue weighted by Crippen LogP contribution is -2.28. The average molecular weight is 234 g/mol. The second-order valence-corrected chi connectivity index (χ2v) is 3.00. The highest BCUT2D eigenvalue weighted by Gasteiger charge is 2.31. The molecule has 4 N–H and O–H groups in total. The number of primary amides is 1. The van der Waals surface area contributed by atoms with E-state index < -0.39 is 18.3 Å². The third-order valence-corrected chi connectivity index (χ3v) is 1.78. The lowest BCUT2D eigenvalue weighted by molar-refractivity contribution is -0.274. The van der Waals surface area contributed by atoms with Crippen molar-refractivity contribution >= 4 is 5.91 Å². The number of ether oxygens (including phenoxy) is 1. The molecule has 0 unspecified atom stereocenters. The van der Waals surface area contributed by atoms with E-state index in [9.17, 15) is 18.0 Å². The number of hydrogen-bond donors (Lipinski definition) is 2. The number of amides is 1. The highest BCUT2D eigenvalue weighted by atomic mass is 19.4. The Labute approximate surface area is 89.0 Å². The second kappa shape index (κ2) is 4.40. The molecule has 0 saturated carbocycles. The molecule has 0 radical (unpaired) electrons. The Hall–Kier alpha value is -1.76. The van der Waals surface area contributed by atoms with Crippen LogP contribution in [0.2, 0.25) is 0 Å². The van der Waals surface area contributed by atoms with Gasteiger partial charge in [0.2, 0.25) is 5.91 Å². The predicted molar refractivity (Wildman–Crippen MR) is 49.2 cm³/mol. The third-order valence-electron chi connectivity index (χ3n) is 1.78. The summed E-state index contributed by atoms with van der Waals surface area (Å²) in [7, 11) is 0. The van der Waals surface area contributed by atoms with E-state index in [1.54, 1.807) is 0 Å². The molecule has 0 bridgehead atoms. The molecule has 1 atom stereocenters. The zero-order valence-electron chi connectivity index (χ0n) is 7.99. The van der Waals surface area contributed by atoms with E-state index in [0.29, 0.717) is 5.56 Å². The van der Waals surface area contributed by atoms with Gasteiger partial charge in [-0.05, 0) is 17.7 Å². The largest absolute Gasteiger partial charge is 0.573 e. The zero-order chi connectivity index (χ0) is 12.3. The van der Waals surface area contributed by atoms with Gasteiger partial charge in [-0.25, -0.2) is 0 Å². The highest BCUT2D eigenvalue weighted by Crippen LogP contribution is 2.23. The molecule has 0 aliphatic heterocycles. The van der Waals surface area contributed by atoms with Crippen molar-refractivity contribution in [1.29, 1.82) is 0 Å². The van der Waals surface area contributed by atoms with Gasteiger partial charge in [-0.2, -0.15) is 0 Å². The van der Waals surface area contributed by atoms with E-state index in [2.05, 4.69) is 4.74 Å². The van der Waals surface area contributed by atoms with Gasteiger partial charge in [0.25, 0.3) is 0 Å². The molecule has 0 aliphatic carbocycles. The van der Waals surface area contributed by atoms with Crippen LogP contribution in [0.4, 0.5) is 13.2 Å². The number of nitrogens with two attached hydrogens (primary N) is 2. The van der Waals surface area contributed by atoms with E-state index in [0.717, 1.165) is 12.1 Å². The molecule has 0 aromatic heterocycles. The van der Waals surface area contributed by atoms with Gasteiger partial charge >= 0.3 is 6.36 Å². The first-order valence-corrected chi connectivity index (χ1v) is 4.20. The molecule has 4 nitrogen and oxygen atoms in total. The summed E-state index contributed by atoms with van der Waals surface area (Å²) in [6.45, 7) is 0. The Morgan fingerprint density at radius 1 is 1.25 bits per heavy atom. The van der Waals surface area contributed by atoms with Crippen molar-refractivity contribution in [2.45, 2.75) is 12.4 Å². The van der Waals surface area contributed by atoms with Crippen LogP contribution in [0.1, 0.15) is 11.6 Å². The van der Waals surface area contributed by atoms with Gasteiger partial charge in [-0.15, -0.1) is 13.2 Å². The number of carbonyl (C=O) groups excluding carboxylic acids is 1. The summed E-state index contributed by atoms with van der Waals surface area (Å²) >= 11 is 0. The van der Waals surface area contributed by atoms with Crippen LogP contribution in [0.25, 0.3) is 0 Å². The van der Waals surface area contributed by atoms with E-state index in [4.69, 9.17) is 11.5 Å². The van der Waals surface area contributed by atoms with Crippen molar-refractivity contribution in [3.63, 3.8) is 0 Å². The van der Waals surface area contributed by atoms with Gasteiger partial charge in [0.05, 0.1) is 0 Å². The quantitative estimate of drug-likeness (QED) is 0.821. The SMILES string of the molecule is NC(=O)[C@@H](N)c1ccc(OC(F)(F)F)cc1. The van der Waals surface area contributed by atoms with Crippen LogP contribution in [-0.4, -0.2) is 12.3 Å². The summed E-state index contributed by atoms with van der Waals surface area (Å²) in [5, 5.41) is 0. The van der Waals surface area contributed by atoms with Crippen molar-refractivity contribution in [1.82, 2.24) is 0 Å². The van der Waals surface area contributed by atoms with Crippen LogP contribution in [-0.2, 0) is 4.79 Å². The molecule has 0 fully saturated rings. The van der Waals surface area contributed by atoms with Crippen molar-refractivity contribution in [2.75, 3.05) is 0 Å². The van der Waals surface area contributed by atoms with Crippen molar-refractivity contribution in [2.24, 2.45) is 11.5 Å². The Morgan fingerprint density at radius 2 is 1.75 bits per heavy atom. The molecule has 0 spiro atoms. The Balaban J connectivity index is 2.79. The zero-order valence-corrected chi connectivity index (χ0v) is 7.99. The molecule has 1 rings (SSSR count). The number of benzene rings is 1. The molecule has 1 aromatic rings. The summed E-state index contributed by atoms with van der Waals surface area (Å²) in [5.41, 5.74) is 10.6. The lowest BCUT2D eigenvalue weighted by Gasteiger charge is -2.11. The number of alkyl halides is 3. The predicted octanol–water partition coefficient (Wildman–Crippen LogP) is 1.07. The minimum atomic E-state index is -4.74. The number of hydrogen-bond acceptors (Lipinski definition) is 3. The van der Waals surface area contributed by atoms with Crippen LogP contribution in [0.5, 0.6) is 5.75 Å². The minimum Gasteiger partial charge on any atom is -0.406 e. The van der Waals surface area contributed by atoms with Crippen molar-refractivity contribution < 1.29 is 22.7 Å². The molecule has 0 heterocycles. The molecular weight excluding hydrogens is 225 g/mol. The highest BCUT2D eigenvalue weighted by molar-refractivity contribution is 5.81. The Kier molecular flexibility index (Phi) is 3.38. The maximum absolute atomic E-state index is 11.8. The van der Waals surface area contributed by atoms with Gasteiger partial charge in [0.1, 0.15) is 11.8 Å². The summed E-state index contributed by atoms with van der Waals surface area (Å²) in [6.07, 6.45) is -4.74. The maximum Gasteiger partial charge on any atom is 0.573 e. The second-order valence-electron chi connectivity index (χ2n) is 3.00. The fraction of sp³-hybridized carbons (Fsp3) is 0.222. The molecule has 1 amide bonds. The summed E-state index contributed by atoms with van der Waals surface area (Å²) in [5.74, 6) is -1.14. The molecule has 0 aliphatic rings. The molecular formula is C9H9F3N2O2. The molecule has 88 valence electrons. The normalized spacial score (nSPS) is 13.2. The molecule has 7 heteroatoms. The maximum atomic E-state index is 11.8. The van der Waals surface area contributed by atoms with Gasteiger partial charge in [0, 0.05) is 0 Å². The van der Waals surface area contributed by atoms with Crippen molar-refractivity contribution in [3.05, 3.63) is 29.8 Å². The molecule has 16 heavy (non-hydrogen) atoms. The Bertz CT molecular complexity index is 375. The first-order valence-electron chi connectivity index (χ1n) is 4.20. The average Bonchev–Trinajstić information content (AvgIpc) is 2.15. The molecule has 1 aromatic carbocycles. The Morgan fingerprint density at radius 3 is 2.12 bits per heavy atom. The van der Waals surface area contributed by atoms with Crippen LogP contribution >= 0.6 is 0 Å². The smallest absolute Gasteiger partial charge is 0.406 e. The summed E-state index contributed by atoms with van der Waals surface area (Å²) < 4.78 is 39.1. The fourth-order valence-corrected chi connectivity index (χ4v) is 1.04. The number of rotatable bonds is 3. The molecule has 0 saturated heterocycles. The monoisotopic (exact) mass is 234 g/mol. The van der Waals surface area contributed by atoms with E-state index in [1.165, 1.54) is 12.1 Å². The first-order chi connectivity index (χ1) is 7.29. The van der Waals surface area contributed by atoms with Crippen molar-refractivity contribution in [3.8, 4) is 5.75 Å². The van der Waals surface area contributed by atoms with Gasteiger partial charge in [-0.3, -0.25) is 4.79 Å². The van der Waals surface area contributed by atoms with E-state index in [1.807, 2.05) is 0 Å². The first kappa shape index (κ1) is 12.3. The fourth-order valence-electron chi connectivity index (χ4n) is 1.04. The topological polar surface area (TPSA) is 78.3 Å². The minimum absolute atomic E-state index is 0.321. The van der Waals surface area contributed by atoms with Crippen LogP contribution < -0.4 is 16.2 Å². The van der Waals surface area contributed by atoms with E-state index >= 15 is 0 Å². The lowest BCUT2D eigenvalue weighted by atomic mass is 10.1. The van der Waals surface area contributed by atoms with Gasteiger partial charge in [-0.1, -0.05) is 12.1 Å². The third kappa shape index (κ3) is 3.43. The number of halogens is 3. The summed E-state index contributed by atoms with van der Waals surface area (Å²) in [6, 6.07) is 3.57. The van der Waals surface area contributed by atoms with Crippen LogP contribution in [0.15, 0.2) is 24.3 Å². The van der Waals surface area contributed by atoms with E-state index in [-0.39, 0.29) is 5.75 Å². The summed E-state index contributed by atoms with van der Waals surface area (Å²) in [4.78, 5) is 10.7. The van der Waals surface area contributed by atoms with Crippen LogP contribution in [0.3, 0.4) is 0 Å².